The number of hydrogen-bond acceptors (Lipinski definition) is 5. The van der Waals surface area contributed by atoms with Crippen LogP contribution in [0.4, 0.5) is 5.69 Å². The first-order chi connectivity index (χ1) is 19.0. The van der Waals surface area contributed by atoms with Crippen molar-refractivity contribution in [2.24, 2.45) is 0 Å². The van der Waals surface area contributed by atoms with Crippen molar-refractivity contribution in [1.82, 2.24) is 0 Å². The fraction of sp³-hybridized carbons (Fsp3) is 0.294. The van der Waals surface area contributed by atoms with Gasteiger partial charge in [-0.15, -0.1) is 0 Å². The van der Waals surface area contributed by atoms with Crippen molar-refractivity contribution in [3.05, 3.63) is 101 Å². The van der Waals surface area contributed by atoms with E-state index in [0.717, 1.165) is 66.7 Å². The van der Waals surface area contributed by atoms with E-state index in [4.69, 9.17) is 18.9 Å². The number of nitrogens with zero attached hydrogens (tertiary/aromatic N) is 1. The first kappa shape index (κ1) is 24.1. The van der Waals surface area contributed by atoms with E-state index >= 15 is 0 Å². The lowest BCUT2D eigenvalue weighted by Gasteiger charge is -2.38. The van der Waals surface area contributed by atoms with Crippen molar-refractivity contribution < 1.29 is 18.9 Å². The molecule has 5 heteroatoms. The molecule has 3 heterocycles. The molecule has 3 aliphatic heterocycles. The molecule has 1 saturated heterocycles. The van der Waals surface area contributed by atoms with E-state index in [1.807, 2.05) is 12.1 Å². The third-order valence-corrected chi connectivity index (χ3v) is 8.14. The van der Waals surface area contributed by atoms with Crippen LogP contribution in [0.25, 0.3) is 16.8 Å². The Morgan fingerprint density at radius 2 is 1.54 bits per heavy atom. The second-order valence-electron chi connectivity index (χ2n) is 11.2. The number of fused-ring (bicyclic) bond motifs is 4. The van der Waals surface area contributed by atoms with Gasteiger partial charge >= 0.3 is 0 Å². The molecular weight excluding hydrogens is 486 g/mol. The number of benzene rings is 4. The van der Waals surface area contributed by atoms with Gasteiger partial charge in [-0.2, -0.15) is 0 Å². The highest BCUT2D eigenvalue weighted by Gasteiger charge is 2.40. The topological polar surface area (TPSA) is 40.2 Å². The maximum absolute atomic E-state index is 7.19. The molecule has 7 rings (SSSR count). The lowest BCUT2D eigenvalue weighted by Crippen LogP contribution is -2.37. The molecule has 39 heavy (non-hydrogen) atoms. The Bertz CT molecular complexity index is 1580. The van der Waals surface area contributed by atoms with Crippen LogP contribution in [0.5, 0.6) is 17.2 Å². The van der Waals surface area contributed by atoms with E-state index < -0.39 is 5.60 Å². The molecule has 198 valence electrons. The van der Waals surface area contributed by atoms with Gasteiger partial charge in [0.05, 0.1) is 20.3 Å². The molecule has 1 atom stereocenters. The molecule has 0 bridgehead atoms. The first-order valence-corrected chi connectivity index (χ1v) is 13.7. The van der Waals surface area contributed by atoms with Crippen LogP contribution in [0.1, 0.15) is 36.1 Å². The summed E-state index contributed by atoms with van der Waals surface area (Å²) >= 11 is 0. The Balaban J connectivity index is 1.41. The van der Waals surface area contributed by atoms with Gasteiger partial charge in [0.2, 0.25) is 0 Å². The van der Waals surface area contributed by atoms with Crippen LogP contribution < -0.4 is 19.1 Å². The van der Waals surface area contributed by atoms with Gasteiger partial charge in [-0.25, -0.2) is 0 Å². The molecule has 0 aromatic heterocycles. The summed E-state index contributed by atoms with van der Waals surface area (Å²) in [4.78, 5) is 2.41. The van der Waals surface area contributed by atoms with Crippen molar-refractivity contribution in [3.63, 3.8) is 0 Å². The summed E-state index contributed by atoms with van der Waals surface area (Å²) in [7, 11) is 1.69. The molecule has 3 aliphatic rings. The Hall–Kier alpha value is -3.96. The summed E-state index contributed by atoms with van der Waals surface area (Å²) in [6, 6.07) is 25.6. The SMILES string of the molecule is COc1ccc(C2(c3ccc4c(c3)CC(C)(C)O4)C=Cc3c(cc(N4CCOCC4)c4ccccc34)O2)cc1. The van der Waals surface area contributed by atoms with Crippen molar-refractivity contribution in [2.45, 2.75) is 31.5 Å². The molecule has 0 N–H and O–H groups in total. The molecular formula is C34H33NO4. The molecule has 1 unspecified atom stereocenters. The van der Waals surface area contributed by atoms with Gasteiger partial charge in [-0.05, 0) is 61.2 Å². The molecule has 0 aliphatic carbocycles. The zero-order valence-electron chi connectivity index (χ0n) is 22.7. The summed E-state index contributed by atoms with van der Waals surface area (Å²) in [5.41, 5.74) is 4.62. The fourth-order valence-electron chi connectivity index (χ4n) is 6.24. The number of anilines is 1. The normalized spacial score (nSPS) is 21.2. The van der Waals surface area contributed by atoms with E-state index in [9.17, 15) is 0 Å². The highest BCUT2D eigenvalue weighted by Crippen LogP contribution is 2.48. The maximum Gasteiger partial charge on any atom is 0.178 e. The van der Waals surface area contributed by atoms with Crippen LogP contribution >= 0.6 is 0 Å². The second-order valence-corrected chi connectivity index (χ2v) is 11.2. The average molecular weight is 520 g/mol. The van der Waals surface area contributed by atoms with Crippen LogP contribution in [0.2, 0.25) is 0 Å². The summed E-state index contributed by atoms with van der Waals surface area (Å²) in [5.74, 6) is 2.65. The number of ether oxygens (including phenoxy) is 4. The molecule has 0 saturated carbocycles. The molecule has 0 radical (unpaired) electrons. The molecule has 4 aromatic carbocycles. The quantitative estimate of drug-likeness (QED) is 0.298. The minimum Gasteiger partial charge on any atom is -0.497 e. The van der Waals surface area contributed by atoms with Crippen LogP contribution in [0.3, 0.4) is 0 Å². The number of rotatable bonds is 4. The first-order valence-electron chi connectivity index (χ1n) is 13.7. The van der Waals surface area contributed by atoms with Crippen molar-refractivity contribution in [1.29, 1.82) is 0 Å². The molecule has 1 fully saturated rings. The van der Waals surface area contributed by atoms with Crippen LogP contribution in [-0.2, 0) is 16.8 Å². The minimum atomic E-state index is -0.800. The Labute approximate surface area is 229 Å². The van der Waals surface area contributed by atoms with Crippen LogP contribution in [0, 0.1) is 0 Å². The van der Waals surface area contributed by atoms with Crippen molar-refractivity contribution in [2.75, 3.05) is 38.3 Å². The molecule has 4 aromatic rings. The Kier molecular flexibility index (Phi) is 5.60. The predicted molar refractivity (Wildman–Crippen MR) is 155 cm³/mol. The molecule has 5 nitrogen and oxygen atoms in total. The molecule has 0 amide bonds. The van der Waals surface area contributed by atoms with Gasteiger partial charge in [-0.1, -0.05) is 42.5 Å². The number of morpholine rings is 1. The van der Waals surface area contributed by atoms with E-state index in [-0.39, 0.29) is 5.60 Å². The average Bonchev–Trinajstić information content (AvgIpc) is 3.30. The second kappa shape index (κ2) is 9.06. The van der Waals surface area contributed by atoms with Crippen molar-refractivity contribution >= 4 is 22.5 Å². The van der Waals surface area contributed by atoms with Gasteiger partial charge < -0.3 is 23.8 Å². The summed E-state index contributed by atoms with van der Waals surface area (Å²) in [5, 5.41) is 2.43. The zero-order valence-corrected chi connectivity index (χ0v) is 22.7. The lowest BCUT2D eigenvalue weighted by molar-refractivity contribution is 0.122. The Morgan fingerprint density at radius 1 is 0.795 bits per heavy atom. The zero-order chi connectivity index (χ0) is 26.6. The van der Waals surface area contributed by atoms with Gasteiger partial charge in [0.1, 0.15) is 22.8 Å². The van der Waals surface area contributed by atoms with Crippen molar-refractivity contribution in [3.8, 4) is 17.2 Å². The fourth-order valence-corrected chi connectivity index (χ4v) is 6.24. The van der Waals surface area contributed by atoms with E-state index in [2.05, 4.69) is 91.6 Å². The van der Waals surface area contributed by atoms with E-state index in [1.165, 1.54) is 22.0 Å². The summed E-state index contributed by atoms with van der Waals surface area (Å²) < 4.78 is 24.5. The van der Waals surface area contributed by atoms with Gasteiger partial charge in [-0.3, -0.25) is 0 Å². The van der Waals surface area contributed by atoms with E-state index in [1.54, 1.807) is 7.11 Å². The van der Waals surface area contributed by atoms with Crippen LogP contribution in [-0.4, -0.2) is 39.0 Å². The standard InChI is InChI=1S/C34H33NO4/c1-33(2)22-23-20-25(10-13-31(23)38-33)34(24-8-11-26(36-3)12-9-24)15-14-29-27-6-4-5-7-28(27)30(21-32(29)39-34)35-16-18-37-19-17-35/h4-15,20-21H,16-19,22H2,1-3H3. The van der Waals surface area contributed by atoms with Gasteiger partial charge in [0.15, 0.2) is 5.60 Å². The third-order valence-electron chi connectivity index (χ3n) is 8.14. The third kappa shape index (κ3) is 4.04. The Morgan fingerprint density at radius 3 is 2.31 bits per heavy atom. The summed E-state index contributed by atoms with van der Waals surface area (Å²) in [6.45, 7) is 7.46. The van der Waals surface area contributed by atoms with Gasteiger partial charge in [0, 0.05) is 53.3 Å². The van der Waals surface area contributed by atoms with Crippen LogP contribution in [0.15, 0.2) is 78.9 Å². The number of hydrogen-bond donors (Lipinski definition) is 0. The monoisotopic (exact) mass is 519 g/mol. The van der Waals surface area contributed by atoms with Gasteiger partial charge in [0.25, 0.3) is 0 Å². The smallest absolute Gasteiger partial charge is 0.178 e. The largest absolute Gasteiger partial charge is 0.497 e. The minimum absolute atomic E-state index is 0.212. The highest BCUT2D eigenvalue weighted by atomic mass is 16.5. The highest BCUT2D eigenvalue weighted by molar-refractivity contribution is 6.02. The number of methoxy groups -OCH3 is 1. The summed E-state index contributed by atoms with van der Waals surface area (Å²) in [6.07, 6.45) is 5.31. The lowest BCUT2D eigenvalue weighted by atomic mass is 9.82. The molecule has 0 spiro atoms. The maximum atomic E-state index is 7.19. The predicted octanol–water partition coefficient (Wildman–Crippen LogP) is 6.75. The van der Waals surface area contributed by atoms with E-state index in [0.29, 0.717) is 0 Å².